The maximum atomic E-state index is 12.5. The molecule has 3 rings (SSSR count). The molecule has 2 amide bonds. The number of ether oxygens (including phenoxy) is 2. The van der Waals surface area contributed by atoms with Gasteiger partial charge in [-0.05, 0) is 61.4 Å². The van der Waals surface area contributed by atoms with Crippen molar-refractivity contribution in [2.75, 3.05) is 33.4 Å². The number of carbonyl (C=O) groups is 2. The van der Waals surface area contributed by atoms with Crippen LogP contribution in [-0.4, -0.2) is 50.1 Å². The molecule has 1 aliphatic rings. The molecule has 1 heterocycles. The van der Waals surface area contributed by atoms with Crippen molar-refractivity contribution in [3.63, 3.8) is 0 Å². The van der Waals surface area contributed by atoms with Gasteiger partial charge < -0.3 is 19.7 Å². The molecule has 2 aromatic carbocycles. The van der Waals surface area contributed by atoms with Crippen LogP contribution in [0, 0.1) is 5.92 Å². The molecule has 0 aliphatic carbocycles. The normalized spacial score (nSPS) is 14.3. The van der Waals surface area contributed by atoms with Crippen molar-refractivity contribution < 1.29 is 19.1 Å². The lowest BCUT2D eigenvalue weighted by molar-refractivity contribution is -0.126. The van der Waals surface area contributed by atoms with Crippen LogP contribution in [-0.2, 0) is 4.79 Å². The van der Waals surface area contributed by atoms with Gasteiger partial charge in [0.15, 0.2) is 0 Å². The number of hydrogen-bond donors (Lipinski definition) is 1. The van der Waals surface area contributed by atoms with Crippen LogP contribution in [0.1, 0.15) is 23.2 Å². The van der Waals surface area contributed by atoms with Gasteiger partial charge in [0, 0.05) is 29.6 Å². The van der Waals surface area contributed by atoms with Crippen LogP contribution in [0.5, 0.6) is 11.5 Å². The zero-order valence-corrected chi connectivity index (χ0v) is 17.2. The highest BCUT2D eigenvalue weighted by atomic mass is 35.5. The van der Waals surface area contributed by atoms with Crippen molar-refractivity contribution in [2.24, 2.45) is 5.92 Å². The van der Waals surface area contributed by atoms with Crippen LogP contribution in [0.25, 0.3) is 0 Å². The number of benzene rings is 2. The molecule has 154 valence electrons. The largest absolute Gasteiger partial charge is 0.497 e. The predicted molar refractivity (Wildman–Crippen MR) is 112 cm³/mol. The monoisotopic (exact) mass is 416 g/mol. The SMILES string of the molecule is COc1ccc(OCCNC(=O)C2CCN(C(=O)c3ccc(Cl)cc3)CC2)cc1. The van der Waals surface area contributed by atoms with Crippen LogP contribution < -0.4 is 14.8 Å². The fourth-order valence-corrected chi connectivity index (χ4v) is 3.41. The number of nitrogens with one attached hydrogen (secondary N) is 1. The van der Waals surface area contributed by atoms with E-state index < -0.39 is 0 Å². The maximum absolute atomic E-state index is 12.5. The standard InChI is InChI=1S/C22H25ClN2O4/c1-28-19-6-8-20(9-7-19)29-15-12-24-21(26)16-10-13-25(14-11-16)22(27)17-2-4-18(23)5-3-17/h2-9,16H,10-15H2,1H3,(H,24,26). The van der Waals surface area contributed by atoms with Gasteiger partial charge in [0.2, 0.25) is 5.91 Å². The first-order chi connectivity index (χ1) is 14.1. The highest BCUT2D eigenvalue weighted by Crippen LogP contribution is 2.20. The summed E-state index contributed by atoms with van der Waals surface area (Å²) in [6.45, 7) is 1.98. The molecule has 0 radical (unpaired) electrons. The first-order valence-corrected chi connectivity index (χ1v) is 10.0. The number of rotatable bonds is 7. The van der Waals surface area contributed by atoms with Crippen molar-refractivity contribution in [3.05, 3.63) is 59.1 Å². The summed E-state index contributed by atoms with van der Waals surface area (Å²) in [5, 5.41) is 3.52. The molecule has 0 aromatic heterocycles. The summed E-state index contributed by atoms with van der Waals surface area (Å²) in [6.07, 6.45) is 1.31. The Morgan fingerprint density at radius 1 is 1.03 bits per heavy atom. The summed E-state index contributed by atoms with van der Waals surface area (Å²) in [4.78, 5) is 26.7. The second-order valence-corrected chi connectivity index (χ2v) is 7.32. The topological polar surface area (TPSA) is 67.9 Å². The van der Waals surface area contributed by atoms with E-state index in [0.29, 0.717) is 49.7 Å². The Morgan fingerprint density at radius 3 is 2.28 bits per heavy atom. The number of halogens is 1. The van der Waals surface area contributed by atoms with Crippen LogP contribution in [0.2, 0.25) is 5.02 Å². The maximum Gasteiger partial charge on any atom is 0.253 e. The minimum Gasteiger partial charge on any atom is -0.497 e. The van der Waals surface area contributed by atoms with Crippen molar-refractivity contribution in [2.45, 2.75) is 12.8 Å². The Balaban J connectivity index is 1.37. The molecule has 0 atom stereocenters. The number of methoxy groups -OCH3 is 1. The minimum absolute atomic E-state index is 0.0157. The second-order valence-electron chi connectivity index (χ2n) is 6.89. The quantitative estimate of drug-likeness (QED) is 0.702. The van der Waals surface area contributed by atoms with Gasteiger partial charge in [-0.15, -0.1) is 0 Å². The molecule has 1 N–H and O–H groups in total. The zero-order valence-electron chi connectivity index (χ0n) is 16.4. The Hall–Kier alpha value is -2.73. The van der Waals surface area contributed by atoms with E-state index in [1.54, 1.807) is 36.3 Å². The lowest BCUT2D eigenvalue weighted by Crippen LogP contribution is -2.43. The van der Waals surface area contributed by atoms with E-state index in [1.807, 2.05) is 24.3 Å². The van der Waals surface area contributed by atoms with Crippen molar-refractivity contribution >= 4 is 23.4 Å². The van der Waals surface area contributed by atoms with E-state index >= 15 is 0 Å². The third-order valence-electron chi connectivity index (χ3n) is 4.97. The van der Waals surface area contributed by atoms with Crippen LogP contribution in [0.15, 0.2) is 48.5 Å². The first kappa shape index (κ1) is 21.0. The number of hydrogen-bond acceptors (Lipinski definition) is 4. The minimum atomic E-state index is -0.0785. The number of likely N-dealkylation sites (tertiary alicyclic amines) is 1. The number of carbonyl (C=O) groups excluding carboxylic acids is 2. The molecule has 1 saturated heterocycles. The lowest BCUT2D eigenvalue weighted by Gasteiger charge is -2.31. The summed E-state index contributed by atoms with van der Waals surface area (Å²) in [5.41, 5.74) is 0.619. The Bertz CT molecular complexity index is 816. The van der Waals surface area contributed by atoms with Gasteiger partial charge in [0.1, 0.15) is 18.1 Å². The van der Waals surface area contributed by atoms with Gasteiger partial charge in [0.25, 0.3) is 5.91 Å². The Morgan fingerprint density at radius 2 is 1.66 bits per heavy atom. The molecule has 0 saturated carbocycles. The molecule has 7 heteroatoms. The molecule has 29 heavy (non-hydrogen) atoms. The first-order valence-electron chi connectivity index (χ1n) is 9.66. The van der Waals surface area contributed by atoms with Gasteiger partial charge in [-0.25, -0.2) is 0 Å². The zero-order chi connectivity index (χ0) is 20.6. The van der Waals surface area contributed by atoms with Crippen molar-refractivity contribution in [3.8, 4) is 11.5 Å². The smallest absolute Gasteiger partial charge is 0.253 e. The van der Waals surface area contributed by atoms with Crippen molar-refractivity contribution in [1.82, 2.24) is 10.2 Å². The van der Waals surface area contributed by atoms with Gasteiger partial charge >= 0.3 is 0 Å². The highest BCUT2D eigenvalue weighted by Gasteiger charge is 2.27. The molecule has 1 fully saturated rings. The van der Waals surface area contributed by atoms with Crippen LogP contribution in [0.4, 0.5) is 0 Å². The average Bonchev–Trinajstić information content (AvgIpc) is 2.77. The van der Waals surface area contributed by atoms with E-state index in [-0.39, 0.29) is 17.7 Å². The van der Waals surface area contributed by atoms with Gasteiger partial charge in [-0.1, -0.05) is 11.6 Å². The van der Waals surface area contributed by atoms with Crippen molar-refractivity contribution in [1.29, 1.82) is 0 Å². The Kier molecular flexibility index (Phi) is 7.36. The molecule has 0 spiro atoms. The number of piperidine rings is 1. The molecule has 1 aliphatic heterocycles. The average molecular weight is 417 g/mol. The molecule has 0 unspecified atom stereocenters. The van der Waals surface area contributed by atoms with E-state index in [9.17, 15) is 9.59 Å². The third-order valence-corrected chi connectivity index (χ3v) is 5.23. The fourth-order valence-electron chi connectivity index (χ4n) is 3.28. The fraction of sp³-hybridized carbons (Fsp3) is 0.364. The summed E-state index contributed by atoms with van der Waals surface area (Å²) >= 11 is 5.87. The number of amides is 2. The molecular weight excluding hydrogens is 392 g/mol. The lowest BCUT2D eigenvalue weighted by atomic mass is 9.95. The van der Waals surface area contributed by atoms with Gasteiger partial charge in [0.05, 0.1) is 13.7 Å². The van der Waals surface area contributed by atoms with Crippen LogP contribution in [0.3, 0.4) is 0 Å². The molecular formula is C22H25ClN2O4. The highest BCUT2D eigenvalue weighted by molar-refractivity contribution is 6.30. The summed E-state index contributed by atoms with van der Waals surface area (Å²) in [6, 6.07) is 14.2. The summed E-state index contributed by atoms with van der Waals surface area (Å²) in [7, 11) is 1.61. The predicted octanol–water partition coefficient (Wildman–Crippen LogP) is 3.40. The number of nitrogens with zero attached hydrogens (tertiary/aromatic N) is 1. The van der Waals surface area contributed by atoms with E-state index in [1.165, 1.54) is 0 Å². The van der Waals surface area contributed by atoms with E-state index in [2.05, 4.69) is 5.32 Å². The van der Waals surface area contributed by atoms with E-state index in [0.717, 1.165) is 11.5 Å². The Labute approximate surface area is 175 Å². The summed E-state index contributed by atoms with van der Waals surface area (Å²) < 4.78 is 10.7. The third kappa shape index (κ3) is 5.87. The summed E-state index contributed by atoms with van der Waals surface area (Å²) in [5.74, 6) is 1.42. The molecule has 6 nitrogen and oxygen atoms in total. The van der Waals surface area contributed by atoms with Gasteiger partial charge in [-0.2, -0.15) is 0 Å². The molecule has 2 aromatic rings. The second kappa shape index (κ2) is 10.2. The van der Waals surface area contributed by atoms with Gasteiger partial charge in [-0.3, -0.25) is 9.59 Å². The molecule has 0 bridgehead atoms. The van der Waals surface area contributed by atoms with E-state index in [4.69, 9.17) is 21.1 Å². The van der Waals surface area contributed by atoms with Crippen LogP contribution >= 0.6 is 11.6 Å².